The quantitative estimate of drug-likeness (QED) is 0.846. The van der Waals surface area contributed by atoms with Crippen molar-refractivity contribution < 1.29 is 17.6 Å². The number of piperidine rings is 1. The van der Waals surface area contributed by atoms with Crippen LogP contribution in [0.4, 0.5) is 14.9 Å². The summed E-state index contributed by atoms with van der Waals surface area (Å²) in [6.07, 6.45) is 5.36. The van der Waals surface area contributed by atoms with E-state index in [1.165, 1.54) is 30.6 Å². The molecular formula is C19H21FN4O3S. The van der Waals surface area contributed by atoms with Gasteiger partial charge in [0, 0.05) is 13.1 Å². The number of hydrogen-bond donors (Lipinski definition) is 1. The number of anilines is 1. The highest BCUT2D eigenvalue weighted by Gasteiger charge is 2.60. The van der Waals surface area contributed by atoms with Crippen LogP contribution in [0.1, 0.15) is 25.7 Å². The summed E-state index contributed by atoms with van der Waals surface area (Å²) in [6.45, 7) is 0.963. The van der Waals surface area contributed by atoms with Crippen molar-refractivity contribution in [2.75, 3.05) is 18.4 Å². The van der Waals surface area contributed by atoms with Crippen LogP contribution in [0.2, 0.25) is 0 Å². The SMILES string of the molecule is O=C(Nc1ccnnc1)N1CCC(C2(S(=O)(=O)c3cccc(F)c3)CC2)CC1. The van der Waals surface area contributed by atoms with E-state index >= 15 is 0 Å². The average molecular weight is 404 g/mol. The maximum Gasteiger partial charge on any atom is 0.321 e. The summed E-state index contributed by atoms with van der Waals surface area (Å²) in [5.41, 5.74) is 0.564. The first-order valence-corrected chi connectivity index (χ1v) is 10.7. The summed E-state index contributed by atoms with van der Waals surface area (Å²) in [7, 11) is -3.61. The highest BCUT2D eigenvalue weighted by Crippen LogP contribution is 2.55. The number of urea groups is 1. The second-order valence-corrected chi connectivity index (χ2v) is 9.64. The van der Waals surface area contributed by atoms with Crippen LogP contribution in [0, 0.1) is 11.7 Å². The minimum atomic E-state index is -3.61. The van der Waals surface area contributed by atoms with E-state index in [1.54, 1.807) is 11.0 Å². The van der Waals surface area contributed by atoms with Crippen molar-refractivity contribution in [1.82, 2.24) is 15.1 Å². The maximum absolute atomic E-state index is 13.5. The van der Waals surface area contributed by atoms with Crippen LogP contribution >= 0.6 is 0 Å². The van der Waals surface area contributed by atoms with Gasteiger partial charge in [0.2, 0.25) is 0 Å². The number of carbonyl (C=O) groups excluding carboxylic acids is 1. The summed E-state index contributed by atoms with van der Waals surface area (Å²) in [5.74, 6) is -0.582. The van der Waals surface area contributed by atoms with Gasteiger partial charge in [0.05, 0.1) is 27.7 Å². The number of aromatic nitrogens is 2. The van der Waals surface area contributed by atoms with Crippen molar-refractivity contribution in [3.8, 4) is 0 Å². The van der Waals surface area contributed by atoms with Crippen molar-refractivity contribution in [2.45, 2.75) is 35.3 Å². The molecule has 9 heteroatoms. The first-order chi connectivity index (χ1) is 13.4. The van der Waals surface area contributed by atoms with Gasteiger partial charge < -0.3 is 10.2 Å². The molecule has 1 aromatic carbocycles. The molecule has 0 radical (unpaired) electrons. The van der Waals surface area contributed by atoms with Crippen LogP contribution in [0.15, 0.2) is 47.6 Å². The molecule has 2 aromatic rings. The smallest absolute Gasteiger partial charge is 0.321 e. The van der Waals surface area contributed by atoms with E-state index in [0.29, 0.717) is 44.5 Å². The minimum Gasteiger partial charge on any atom is -0.325 e. The number of likely N-dealkylation sites (tertiary alicyclic amines) is 1. The second kappa shape index (κ2) is 7.12. The molecule has 1 aliphatic carbocycles. The molecule has 2 amide bonds. The molecule has 0 atom stereocenters. The van der Waals surface area contributed by atoms with Crippen molar-refractivity contribution >= 4 is 21.6 Å². The summed E-state index contributed by atoms with van der Waals surface area (Å²) in [4.78, 5) is 14.1. The number of halogens is 1. The standard InChI is InChI=1S/C19H21FN4O3S/c20-15-2-1-3-17(12-15)28(26,27)19(7-8-19)14-5-10-24(11-6-14)18(25)23-16-4-9-21-22-13-16/h1-4,9,12-14H,5-8,10-11H2,(H,21,23,25). The Kier molecular flexibility index (Phi) is 4.78. The molecular weight excluding hydrogens is 383 g/mol. The van der Waals surface area contributed by atoms with E-state index in [0.717, 1.165) is 6.07 Å². The molecule has 148 valence electrons. The van der Waals surface area contributed by atoms with E-state index in [1.807, 2.05) is 0 Å². The van der Waals surface area contributed by atoms with E-state index in [-0.39, 0.29) is 16.8 Å². The molecule has 0 bridgehead atoms. The molecule has 0 spiro atoms. The van der Waals surface area contributed by atoms with Gasteiger partial charge in [-0.3, -0.25) is 0 Å². The second-order valence-electron chi connectivity index (χ2n) is 7.35. The Hall–Kier alpha value is -2.55. The monoisotopic (exact) mass is 404 g/mol. The van der Waals surface area contributed by atoms with Crippen molar-refractivity contribution in [2.24, 2.45) is 5.92 Å². The molecule has 1 aromatic heterocycles. The number of carbonyl (C=O) groups is 1. The van der Waals surface area contributed by atoms with Crippen LogP contribution in [-0.2, 0) is 9.84 Å². The molecule has 7 nitrogen and oxygen atoms in total. The number of amides is 2. The van der Waals surface area contributed by atoms with E-state index < -0.39 is 20.4 Å². The van der Waals surface area contributed by atoms with Crippen molar-refractivity contribution in [1.29, 1.82) is 0 Å². The van der Waals surface area contributed by atoms with Gasteiger partial charge in [-0.25, -0.2) is 17.6 Å². The first-order valence-electron chi connectivity index (χ1n) is 9.25. The summed E-state index contributed by atoms with van der Waals surface area (Å²) in [6, 6.07) is 6.66. The van der Waals surface area contributed by atoms with Gasteiger partial charge >= 0.3 is 6.03 Å². The predicted octanol–water partition coefficient (Wildman–Crippen LogP) is 2.87. The van der Waals surface area contributed by atoms with Crippen molar-refractivity contribution in [3.63, 3.8) is 0 Å². The van der Waals surface area contributed by atoms with Crippen LogP contribution in [0.5, 0.6) is 0 Å². The third kappa shape index (κ3) is 3.34. The average Bonchev–Trinajstić information content (AvgIpc) is 3.51. The van der Waals surface area contributed by atoms with E-state index in [9.17, 15) is 17.6 Å². The number of nitrogens with zero attached hydrogens (tertiary/aromatic N) is 3. The molecule has 2 aliphatic rings. The topological polar surface area (TPSA) is 92.3 Å². The fourth-order valence-electron chi connectivity index (χ4n) is 4.06. The Morgan fingerprint density at radius 3 is 2.54 bits per heavy atom. The van der Waals surface area contributed by atoms with Gasteiger partial charge in [-0.1, -0.05) is 6.07 Å². The molecule has 28 heavy (non-hydrogen) atoms. The number of rotatable bonds is 4. The Morgan fingerprint density at radius 2 is 1.93 bits per heavy atom. The molecule has 0 unspecified atom stereocenters. The van der Waals surface area contributed by atoms with Gasteiger partial charge in [-0.15, -0.1) is 0 Å². The lowest BCUT2D eigenvalue weighted by Crippen LogP contribution is -2.45. The van der Waals surface area contributed by atoms with Crippen LogP contribution < -0.4 is 5.32 Å². The molecule has 4 rings (SSSR count). The maximum atomic E-state index is 13.5. The Labute approximate surface area is 162 Å². The Morgan fingerprint density at radius 1 is 1.18 bits per heavy atom. The molecule has 2 fully saturated rings. The summed E-state index contributed by atoms with van der Waals surface area (Å²) < 4.78 is 39.0. The van der Waals surface area contributed by atoms with Gasteiger partial charge in [-0.05, 0) is 55.9 Å². The van der Waals surface area contributed by atoms with Gasteiger partial charge in [0.15, 0.2) is 9.84 Å². The molecule has 2 heterocycles. The lowest BCUT2D eigenvalue weighted by atomic mass is 9.91. The molecule has 1 aliphatic heterocycles. The largest absolute Gasteiger partial charge is 0.325 e. The number of nitrogens with one attached hydrogen (secondary N) is 1. The van der Waals surface area contributed by atoms with Crippen LogP contribution in [0.3, 0.4) is 0 Å². The number of hydrogen-bond acceptors (Lipinski definition) is 5. The van der Waals surface area contributed by atoms with Gasteiger partial charge in [0.25, 0.3) is 0 Å². The number of sulfone groups is 1. The zero-order valence-electron chi connectivity index (χ0n) is 15.2. The third-order valence-corrected chi connectivity index (χ3v) is 8.43. The highest BCUT2D eigenvalue weighted by atomic mass is 32.2. The van der Waals surface area contributed by atoms with Crippen LogP contribution in [-0.4, -0.2) is 47.4 Å². The van der Waals surface area contributed by atoms with Crippen LogP contribution in [0.25, 0.3) is 0 Å². The summed E-state index contributed by atoms with van der Waals surface area (Å²) >= 11 is 0. The zero-order valence-corrected chi connectivity index (χ0v) is 16.0. The first kappa shape index (κ1) is 18.8. The fourth-order valence-corrected chi connectivity index (χ4v) is 6.37. The van der Waals surface area contributed by atoms with E-state index in [2.05, 4.69) is 15.5 Å². The highest BCUT2D eigenvalue weighted by molar-refractivity contribution is 7.93. The lowest BCUT2D eigenvalue weighted by Gasteiger charge is -2.36. The van der Waals surface area contributed by atoms with E-state index in [4.69, 9.17) is 0 Å². The fraction of sp³-hybridized carbons (Fsp3) is 0.421. The predicted molar refractivity (Wildman–Crippen MR) is 101 cm³/mol. The number of benzene rings is 1. The third-order valence-electron chi connectivity index (χ3n) is 5.75. The zero-order chi connectivity index (χ0) is 19.8. The molecule has 1 saturated heterocycles. The Balaban J connectivity index is 1.43. The molecule has 1 N–H and O–H groups in total. The van der Waals surface area contributed by atoms with Crippen molar-refractivity contribution in [3.05, 3.63) is 48.5 Å². The Bertz CT molecular complexity index is 972. The lowest BCUT2D eigenvalue weighted by molar-refractivity contribution is 0.179. The van der Waals surface area contributed by atoms with Gasteiger partial charge in [-0.2, -0.15) is 10.2 Å². The minimum absolute atomic E-state index is 0.0348. The normalized spacial score (nSPS) is 19.2. The summed E-state index contributed by atoms with van der Waals surface area (Å²) in [5, 5.41) is 10.2. The molecule has 1 saturated carbocycles. The van der Waals surface area contributed by atoms with Gasteiger partial charge in [0.1, 0.15) is 5.82 Å².